The monoisotopic (exact) mass is 477 g/mol. The van der Waals surface area contributed by atoms with Crippen LogP contribution in [0.1, 0.15) is 19.4 Å². The second-order valence-corrected chi connectivity index (χ2v) is 9.16. The zero-order valence-corrected chi connectivity index (χ0v) is 20.5. The van der Waals surface area contributed by atoms with Crippen molar-refractivity contribution in [3.8, 4) is 34.1 Å². The van der Waals surface area contributed by atoms with Gasteiger partial charge in [0.05, 0.1) is 24.3 Å². The number of fused-ring (bicyclic) bond motifs is 1. The highest BCUT2D eigenvalue weighted by Gasteiger charge is 2.29. The zero-order valence-electron chi connectivity index (χ0n) is 20.5. The van der Waals surface area contributed by atoms with E-state index in [0.717, 1.165) is 64.2 Å². The molecule has 1 aliphatic rings. The van der Waals surface area contributed by atoms with E-state index in [1.807, 2.05) is 71.9 Å². The third kappa shape index (κ3) is 4.11. The summed E-state index contributed by atoms with van der Waals surface area (Å²) in [5.41, 5.74) is 5.22. The Morgan fingerprint density at radius 2 is 1.67 bits per heavy atom. The van der Waals surface area contributed by atoms with Gasteiger partial charge < -0.3 is 14.5 Å². The van der Waals surface area contributed by atoms with Gasteiger partial charge in [-0.1, -0.05) is 24.3 Å². The predicted octanol–water partition coefficient (Wildman–Crippen LogP) is 4.90. The summed E-state index contributed by atoms with van der Waals surface area (Å²) in [6.07, 6.45) is 4.62. The Hall–Kier alpha value is -4.44. The number of pyridine rings is 2. The number of benzene rings is 2. The molecule has 0 saturated carbocycles. The van der Waals surface area contributed by atoms with E-state index in [1.165, 1.54) is 0 Å². The fraction of sp³-hybridized carbons (Fsp3) is 0.241. The van der Waals surface area contributed by atoms with Crippen LogP contribution in [0.3, 0.4) is 0 Å². The molecule has 0 radical (unpaired) electrons. The van der Waals surface area contributed by atoms with Gasteiger partial charge in [0.1, 0.15) is 11.6 Å². The van der Waals surface area contributed by atoms with Crippen LogP contribution in [0.25, 0.3) is 33.2 Å². The highest BCUT2D eigenvalue weighted by atomic mass is 16.5. The lowest BCUT2D eigenvalue weighted by molar-refractivity contribution is -0.122. The molecule has 180 valence electrons. The SMILES string of the molecule is COc1c(-c2ccc(N3CC(C)N(C=O)C(C)C3)nc2)cnc2c(-c3ccc(C#N)cc3)cccc12. The van der Waals surface area contributed by atoms with Crippen molar-refractivity contribution in [1.82, 2.24) is 14.9 Å². The lowest BCUT2D eigenvalue weighted by atomic mass is 9.98. The topological polar surface area (TPSA) is 82.3 Å². The standard InChI is InChI=1S/C29H27N5O2/c1-19-16-33(17-20(2)34(19)18-35)27-12-11-23(14-31-27)26-15-32-28-24(5-4-6-25(28)29(26)36-3)22-9-7-21(13-30)8-10-22/h4-12,14-15,18-20H,16-17H2,1-3H3. The summed E-state index contributed by atoms with van der Waals surface area (Å²) in [5.74, 6) is 1.63. The molecule has 1 amide bonds. The first-order valence-corrected chi connectivity index (χ1v) is 11.9. The quantitative estimate of drug-likeness (QED) is 0.380. The molecule has 3 heterocycles. The van der Waals surface area contributed by atoms with E-state index in [1.54, 1.807) is 7.11 Å². The molecule has 0 bridgehead atoms. The third-order valence-electron chi connectivity index (χ3n) is 6.87. The average Bonchev–Trinajstić information content (AvgIpc) is 2.92. The molecular weight excluding hydrogens is 450 g/mol. The lowest BCUT2D eigenvalue weighted by Crippen LogP contribution is -2.56. The highest BCUT2D eigenvalue weighted by Crippen LogP contribution is 2.39. The molecule has 2 unspecified atom stereocenters. The van der Waals surface area contributed by atoms with Crippen LogP contribution in [0.5, 0.6) is 5.75 Å². The highest BCUT2D eigenvalue weighted by molar-refractivity contribution is 6.00. The molecule has 1 saturated heterocycles. The molecule has 0 spiro atoms. The summed E-state index contributed by atoms with van der Waals surface area (Å²) < 4.78 is 5.88. The summed E-state index contributed by atoms with van der Waals surface area (Å²) in [6, 6.07) is 20.0. The third-order valence-corrected chi connectivity index (χ3v) is 6.87. The number of anilines is 1. The largest absolute Gasteiger partial charge is 0.495 e. The second-order valence-electron chi connectivity index (χ2n) is 9.16. The minimum Gasteiger partial charge on any atom is -0.495 e. The van der Waals surface area contributed by atoms with Gasteiger partial charge in [-0.2, -0.15) is 5.26 Å². The van der Waals surface area contributed by atoms with E-state index in [4.69, 9.17) is 20.0 Å². The van der Waals surface area contributed by atoms with E-state index in [9.17, 15) is 4.79 Å². The molecule has 0 aliphatic carbocycles. The molecule has 2 atom stereocenters. The van der Waals surface area contributed by atoms with Crippen LogP contribution in [0, 0.1) is 11.3 Å². The second kappa shape index (κ2) is 9.67. The number of carbonyl (C=O) groups excluding carboxylic acids is 1. The fourth-order valence-corrected chi connectivity index (χ4v) is 5.04. The summed E-state index contributed by atoms with van der Waals surface area (Å²) in [7, 11) is 1.67. The minimum absolute atomic E-state index is 0.128. The van der Waals surface area contributed by atoms with Crippen LogP contribution in [0.15, 0.2) is 67.0 Å². The van der Waals surface area contributed by atoms with Crippen LogP contribution in [0.2, 0.25) is 0 Å². The Morgan fingerprint density at radius 3 is 2.28 bits per heavy atom. The van der Waals surface area contributed by atoms with Gasteiger partial charge in [-0.05, 0) is 49.7 Å². The number of piperazine rings is 1. The van der Waals surface area contributed by atoms with Crippen molar-refractivity contribution in [2.24, 2.45) is 0 Å². The Labute approximate surface area is 210 Å². The summed E-state index contributed by atoms with van der Waals surface area (Å²) in [5, 5.41) is 10.0. The number of aromatic nitrogens is 2. The maximum Gasteiger partial charge on any atom is 0.210 e. The molecule has 0 N–H and O–H groups in total. The number of amides is 1. The van der Waals surface area contributed by atoms with Gasteiger partial charge in [-0.15, -0.1) is 0 Å². The van der Waals surface area contributed by atoms with Gasteiger partial charge in [0, 0.05) is 59.6 Å². The van der Waals surface area contributed by atoms with Crippen molar-refractivity contribution < 1.29 is 9.53 Å². The maximum absolute atomic E-state index is 11.4. The van der Waals surface area contributed by atoms with Gasteiger partial charge in [0.15, 0.2) is 0 Å². The number of ether oxygens (including phenoxy) is 1. The molecule has 2 aromatic carbocycles. The van der Waals surface area contributed by atoms with E-state index >= 15 is 0 Å². The number of para-hydroxylation sites is 1. The first kappa shape index (κ1) is 23.3. The Bertz CT molecular complexity index is 1430. The Kier molecular flexibility index (Phi) is 6.26. The van der Waals surface area contributed by atoms with Crippen molar-refractivity contribution in [3.05, 3.63) is 72.6 Å². The van der Waals surface area contributed by atoms with Crippen molar-refractivity contribution in [2.75, 3.05) is 25.1 Å². The van der Waals surface area contributed by atoms with Gasteiger partial charge in [-0.3, -0.25) is 9.78 Å². The molecule has 4 aromatic rings. The number of hydrogen-bond acceptors (Lipinski definition) is 6. The van der Waals surface area contributed by atoms with E-state index < -0.39 is 0 Å². The minimum atomic E-state index is 0.128. The van der Waals surface area contributed by atoms with Gasteiger partial charge in [-0.25, -0.2) is 4.98 Å². The van der Waals surface area contributed by atoms with Crippen LogP contribution in [0.4, 0.5) is 5.82 Å². The molecule has 36 heavy (non-hydrogen) atoms. The van der Waals surface area contributed by atoms with Crippen molar-refractivity contribution in [3.63, 3.8) is 0 Å². The summed E-state index contributed by atoms with van der Waals surface area (Å²) in [6.45, 7) is 5.61. The molecule has 2 aromatic heterocycles. The van der Waals surface area contributed by atoms with Gasteiger partial charge in [0.2, 0.25) is 6.41 Å². The number of nitrogens with zero attached hydrogens (tertiary/aromatic N) is 5. The number of carbonyl (C=O) groups is 1. The number of rotatable bonds is 5. The average molecular weight is 478 g/mol. The van der Waals surface area contributed by atoms with Crippen molar-refractivity contribution in [1.29, 1.82) is 5.26 Å². The molecule has 1 aliphatic heterocycles. The molecule has 1 fully saturated rings. The summed E-state index contributed by atoms with van der Waals surface area (Å²) in [4.78, 5) is 25.0. The van der Waals surface area contributed by atoms with Crippen LogP contribution in [-0.4, -0.2) is 53.6 Å². The molecular formula is C29H27N5O2. The molecule has 7 heteroatoms. The molecule has 7 nitrogen and oxygen atoms in total. The van der Waals surface area contributed by atoms with Crippen molar-refractivity contribution >= 4 is 23.1 Å². The van der Waals surface area contributed by atoms with E-state index in [2.05, 4.69) is 24.8 Å². The smallest absolute Gasteiger partial charge is 0.210 e. The number of methoxy groups -OCH3 is 1. The first-order valence-electron chi connectivity index (χ1n) is 11.9. The lowest BCUT2D eigenvalue weighted by Gasteiger charge is -2.43. The fourth-order valence-electron chi connectivity index (χ4n) is 5.04. The van der Waals surface area contributed by atoms with Crippen LogP contribution >= 0.6 is 0 Å². The van der Waals surface area contributed by atoms with Crippen LogP contribution in [-0.2, 0) is 4.79 Å². The molecule has 5 rings (SSSR count). The van der Waals surface area contributed by atoms with E-state index in [-0.39, 0.29) is 12.1 Å². The van der Waals surface area contributed by atoms with Gasteiger partial charge in [0.25, 0.3) is 0 Å². The van der Waals surface area contributed by atoms with Gasteiger partial charge >= 0.3 is 0 Å². The maximum atomic E-state index is 11.4. The zero-order chi connectivity index (χ0) is 25.2. The number of hydrogen-bond donors (Lipinski definition) is 0. The first-order chi connectivity index (χ1) is 17.5. The van der Waals surface area contributed by atoms with Crippen LogP contribution < -0.4 is 9.64 Å². The Balaban J connectivity index is 1.49. The summed E-state index contributed by atoms with van der Waals surface area (Å²) >= 11 is 0. The number of nitriles is 1. The predicted molar refractivity (Wildman–Crippen MR) is 141 cm³/mol. The van der Waals surface area contributed by atoms with E-state index in [0.29, 0.717) is 5.56 Å². The Morgan fingerprint density at radius 1 is 0.944 bits per heavy atom. The normalized spacial score (nSPS) is 17.6. The van der Waals surface area contributed by atoms with Crippen molar-refractivity contribution in [2.45, 2.75) is 25.9 Å².